The van der Waals surface area contributed by atoms with Crippen LogP contribution in [-0.4, -0.2) is 38.0 Å². The van der Waals surface area contributed by atoms with E-state index >= 15 is 0 Å². The Morgan fingerprint density at radius 3 is 2.48 bits per heavy atom. The van der Waals surface area contributed by atoms with Gasteiger partial charge >= 0.3 is 0 Å². The van der Waals surface area contributed by atoms with Crippen LogP contribution in [0.25, 0.3) is 0 Å². The molecule has 140 valence electrons. The molecule has 6 heteroatoms. The van der Waals surface area contributed by atoms with E-state index in [1.165, 1.54) is 10.6 Å². The molecule has 1 aliphatic rings. The van der Waals surface area contributed by atoms with Gasteiger partial charge in [0.25, 0.3) is 0 Å². The average molecular weight is 367 g/mol. The summed E-state index contributed by atoms with van der Waals surface area (Å²) in [5.74, 6) is -0.332. The Morgan fingerprint density at radius 2 is 1.92 bits per heavy atom. The minimum atomic E-state index is -3.25. The molecule has 1 aliphatic heterocycles. The lowest BCUT2D eigenvalue weighted by Gasteiger charge is -2.33. The van der Waals surface area contributed by atoms with Crippen molar-refractivity contribution in [2.24, 2.45) is 11.3 Å². The Kier molecular flexibility index (Phi) is 6.27. The second kappa shape index (κ2) is 7.87. The van der Waals surface area contributed by atoms with Crippen LogP contribution in [0.2, 0.25) is 0 Å². The number of amides is 1. The molecule has 5 nitrogen and oxygen atoms in total. The van der Waals surface area contributed by atoms with Crippen LogP contribution in [0.3, 0.4) is 0 Å². The van der Waals surface area contributed by atoms with Crippen molar-refractivity contribution < 1.29 is 13.2 Å². The molecular formula is C19H30N2O3S. The molecule has 25 heavy (non-hydrogen) atoms. The third-order valence-electron chi connectivity index (χ3n) is 4.56. The number of piperidine rings is 1. The molecule has 2 rings (SSSR count). The molecule has 1 aromatic carbocycles. The molecule has 0 saturated carbocycles. The van der Waals surface area contributed by atoms with Gasteiger partial charge in [0.05, 0.1) is 18.2 Å². The summed E-state index contributed by atoms with van der Waals surface area (Å²) in [5, 5.41) is 3.17. The summed E-state index contributed by atoms with van der Waals surface area (Å²) in [6.07, 6.45) is 3.49. The number of hydrogen-bond donors (Lipinski definition) is 1. The second-order valence-electron chi connectivity index (χ2n) is 8.20. The number of carbonyl (C=O) groups excluding carboxylic acids is 1. The summed E-state index contributed by atoms with van der Waals surface area (Å²) in [6.45, 7) is 7.25. The smallest absolute Gasteiger partial charge is 0.224 e. The summed E-state index contributed by atoms with van der Waals surface area (Å²) in [5.41, 5.74) is 1.15. The van der Waals surface area contributed by atoms with Gasteiger partial charge in [-0.1, -0.05) is 51.1 Å². The topological polar surface area (TPSA) is 66.5 Å². The van der Waals surface area contributed by atoms with E-state index in [-0.39, 0.29) is 29.8 Å². The van der Waals surface area contributed by atoms with Gasteiger partial charge < -0.3 is 5.32 Å². The molecule has 1 saturated heterocycles. The van der Waals surface area contributed by atoms with Crippen molar-refractivity contribution in [3.63, 3.8) is 0 Å². The standard InChI is InChI=1S/C19H30N2O3S/c1-19(2,3)13-17(15-9-6-5-7-10-15)20-18(22)16-11-8-12-21(14-16)25(4,23)24/h5-7,9-10,16-17H,8,11-14H2,1-4H3,(H,20,22)/t16-,17+/m1/s1. The zero-order valence-corrected chi connectivity index (χ0v) is 16.5. The largest absolute Gasteiger partial charge is 0.349 e. The number of benzene rings is 1. The van der Waals surface area contributed by atoms with Crippen molar-refractivity contribution in [1.29, 1.82) is 0 Å². The zero-order valence-electron chi connectivity index (χ0n) is 15.7. The number of nitrogens with zero attached hydrogens (tertiary/aromatic N) is 1. The van der Waals surface area contributed by atoms with Crippen LogP contribution in [0.15, 0.2) is 30.3 Å². The number of hydrogen-bond acceptors (Lipinski definition) is 3. The van der Waals surface area contributed by atoms with Gasteiger partial charge in [0.1, 0.15) is 0 Å². The molecule has 1 heterocycles. The first kappa shape index (κ1) is 19.9. The zero-order chi connectivity index (χ0) is 18.7. The monoisotopic (exact) mass is 366 g/mol. The lowest BCUT2D eigenvalue weighted by atomic mass is 9.85. The Bertz CT molecular complexity index is 680. The Hall–Kier alpha value is -1.40. The summed E-state index contributed by atoms with van der Waals surface area (Å²) in [6, 6.07) is 9.90. The van der Waals surface area contributed by atoms with Crippen LogP contribution >= 0.6 is 0 Å². The summed E-state index contributed by atoms with van der Waals surface area (Å²) >= 11 is 0. The van der Waals surface area contributed by atoms with Crippen LogP contribution in [-0.2, 0) is 14.8 Å². The van der Waals surface area contributed by atoms with Crippen molar-refractivity contribution in [3.05, 3.63) is 35.9 Å². The third kappa shape index (κ3) is 6.12. The van der Waals surface area contributed by atoms with E-state index in [4.69, 9.17) is 0 Å². The lowest BCUT2D eigenvalue weighted by Crippen LogP contribution is -2.46. The van der Waals surface area contributed by atoms with E-state index in [2.05, 4.69) is 26.1 Å². The van der Waals surface area contributed by atoms with E-state index in [1.807, 2.05) is 30.3 Å². The van der Waals surface area contributed by atoms with Crippen molar-refractivity contribution in [2.45, 2.75) is 46.1 Å². The molecule has 0 radical (unpaired) electrons. The maximum Gasteiger partial charge on any atom is 0.224 e. The van der Waals surface area contributed by atoms with E-state index < -0.39 is 10.0 Å². The first-order valence-corrected chi connectivity index (χ1v) is 10.7. The molecule has 1 N–H and O–H groups in total. The van der Waals surface area contributed by atoms with Gasteiger partial charge in [-0.3, -0.25) is 4.79 Å². The van der Waals surface area contributed by atoms with Gasteiger partial charge in [0, 0.05) is 13.1 Å². The van der Waals surface area contributed by atoms with Crippen molar-refractivity contribution in [2.75, 3.05) is 19.3 Å². The molecule has 0 spiro atoms. The molecule has 0 unspecified atom stereocenters. The normalized spacial score (nSPS) is 20.9. The highest BCUT2D eigenvalue weighted by Gasteiger charge is 2.32. The Balaban J connectivity index is 2.11. The Morgan fingerprint density at radius 1 is 1.28 bits per heavy atom. The highest BCUT2D eigenvalue weighted by molar-refractivity contribution is 7.88. The number of sulfonamides is 1. The fourth-order valence-corrected chi connectivity index (χ4v) is 4.21. The summed E-state index contributed by atoms with van der Waals surface area (Å²) < 4.78 is 25.0. The summed E-state index contributed by atoms with van der Waals surface area (Å²) in [7, 11) is -3.25. The summed E-state index contributed by atoms with van der Waals surface area (Å²) in [4.78, 5) is 12.8. The van der Waals surface area contributed by atoms with Gasteiger partial charge in [0.2, 0.25) is 15.9 Å². The minimum absolute atomic E-state index is 0.0496. The van der Waals surface area contributed by atoms with Gasteiger partial charge in [-0.05, 0) is 30.2 Å². The number of carbonyl (C=O) groups is 1. The molecular weight excluding hydrogens is 336 g/mol. The van der Waals surface area contributed by atoms with Crippen molar-refractivity contribution >= 4 is 15.9 Å². The van der Waals surface area contributed by atoms with Crippen LogP contribution in [0, 0.1) is 11.3 Å². The van der Waals surface area contributed by atoms with Crippen LogP contribution < -0.4 is 5.32 Å². The first-order valence-electron chi connectivity index (χ1n) is 8.87. The average Bonchev–Trinajstić information content (AvgIpc) is 2.53. The third-order valence-corrected chi connectivity index (χ3v) is 5.83. The molecule has 1 aromatic rings. The minimum Gasteiger partial charge on any atom is -0.349 e. The first-order chi connectivity index (χ1) is 11.6. The van der Waals surface area contributed by atoms with Gasteiger partial charge in [-0.25, -0.2) is 12.7 Å². The van der Waals surface area contributed by atoms with Gasteiger partial charge in [0.15, 0.2) is 0 Å². The molecule has 0 aliphatic carbocycles. The maximum atomic E-state index is 12.8. The second-order valence-corrected chi connectivity index (χ2v) is 10.2. The molecule has 0 aromatic heterocycles. The predicted molar refractivity (Wildman–Crippen MR) is 101 cm³/mol. The van der Waals surface area contributed by atoms with E-state index in [0.717, 1.165) is 24.8 Å². The van der Waals surface area contributed by atoms with Crippen molar-refractivity contribution in [3.8, 4) is 0 Å². The fourth-order valence-electron chi connectivity index (χ4n) is 3.30. The predicted octanol–water partition coefficient (Wildman–Crippen LogP) is 2.95. The van der Waals surface area contributed by atoms with Crippen molar-refractivity contribution in [1.82, 2.24) is 9.62 Å². The van der Waals surface area contributed by atoms with Crippen LogP contribution in [0.5, 0.6) is 0 Å². The molecule has 1 fully saturated rings. The fraction of sp³-hybridized carbons (Fsp3) is 0.632. The van der Waals surface area contributed by atoms with Crippen LogP contribution in [0.4, 0.5) is 0 Å². The van der Waals surface area contributed by atoms with E-state index in [9.17, 15) is 13.2 Å². The molecule has 0 bridgehead atoms. The number of rotatable bonds is 5. The van der Waals surface area contributed by atoms with Crippen LogP contribution in [0.1, 0.15) is 51.6 Å². The van der Waals surface area contributed by atoms with E-state index in [1.54, 1.807) is 0 Å². The highest BCUT2D eigenvalue weighted by Crippen LogP contribution is 2.30. The maximum absolute atomic E-state index is 12.8. The Labute approximate surface area is 151 Å². The number of nitrogens with one attached hydrogen (secondary N) is 1. The molecule has 2 atom stereocenters. The van der Waals surface area contributed by atoms with Gasteiger partial charge in [-0.2, -0.15) is 0 Å². The quantitative estimate of drug-likeness (QED) is 0.871. The SMILES string of the molecule is CC(C)(C)C[C@H](NC(=O)[C@@H]1CCCN(S(C)(=O)=O)C1)c1ccccc1. The highest BCUT2D eigenvalue weighted by atomic mass is 32.2. The van der Waals surface area contributed by atoms with E-state index in [0.29, 0.717) is 6.54 Å². The van der Waals surface area contributed by atoms with Gasteiger partial charge in [-0.15, -0.1) is 0 Å². The molecule has 1 amide bonds. The lowest BCUT2D eigenvalue weighted by molar-refractivity contribution is -0.127.